The fraction of sp³-hybridized carbons (Fsp3) is 0.920. The molecule has 5 nitrogen and oxygen atoms in total. The van der Waals surface area contributed by atoms with E-state index < -0.39 is 0 Å². The number of carbonyl (C=O) groups is 1. The summed E-state index contributed by atoms with van der Waals surface area (Å²) in [7, 11) is 0. The lowest BCUT2D eigenvalue weighted by Gasteiger charge is -2.62. The van der Waals surface area contributed by atoms with Gasteiger partial charge in [0.2, 0.25) is 0 Å². The van der Waals surface area contributed by atoms with Crippen LogP contribution in [-0.2, 0) is 9.63 Å². The molecule has 0 amide bonds. The van der Waals surface area contributed by atoms with Gasteiger partial charge in [-0.2, -0.15) is 0 Å². The van der Waals surface area contributed by atoms with E-state index in [9.17, 15) is 9.90 Å². The van der Waals surface area contributed by atoms with Gasteiger partial charge in [-0.3, -0.25) is 4.79 Å². The Kier molecular flexibility index (Phi) is 5.50. The molecule has 4 aliphatic carbocycles. The van der Waals surface area contributed by atoms with Crippen LogP contribution >= 0.6 is 0 Å². The molecule has 1 saturated heterocycles. The number of fused-ring (bicyclic) bond motifs is 5. The standard InChI is InChI=1S/C25H40N2O3/c1-24-9-5-17(27-30-18-7-11-26-15-18)14-22(24)16(8-12-28)13-19-20-3-4-23(29)25(20,2)10-6-21(19)24/h16,18-22,26,28H,3-15H2,1-2H3/b27-17+/t16-,18+,19-,20-,21-,22+,24+,25-/m0/s1. The maximum Gasteiger partial charge on any atom is 0.141 e. The van der Waals surface area contributed by atoms with Gasteiger partial charge in [0, 0.05) is 31.4 Å². The van der Waals surface area contributed by atoms with E-state index in [0.717, 1.165) is 64.0 Å². The number of Topliss-reactive ketones (excluding diaryl/α,β-unsaturated/α-hetero) is 1. The van der Waals surface area contributed by atoms with E-state index in [1.54, 1.807) is 0 Å². The van der Waals surface area contributed by atoms with Gasteiger partial charge in [-0.25, -0.2) is 0 Å². The molecular weight excluding hydrogens is 376 g/mol. The normalized spacial score (nSPS) is 49.6. The highest BCUT2D eigenvalue weighted by Crippen LogP contribution is 2.66. The fourth-order valence-electron chi connectivity index (χ4n) is 8.51. The highest BCUT2D eigenvalue weighted by Gasteiger charge is 2.61. The van der Waals surface area contributed by atoms with E-state index in [2.05, 4.69) is 24.3 Å². The Balaban J connectivity index is 1.38. The zero-order chi connectivity index (χ0) is 20.9. The molecule has 168 valence electrons. The number of aliphatic hydroxyl groups excluding tert-OH is 1. The van der Waals surface area contributed by atoms with Crippen molar-refractivity contribution in [2.45, 2.75) is 84.2 Å². The van der Waals surface area contributed by atoms with E-state index >= 15 is 0 Å². The lowest BCUT2D eigenvalue weighted by atomic mass is 9.43. The Morgan fingerprint density at radius 3 is 2.77 bits per heavy atom. The highest BCUT2D eigenvalue weighted by molar-refractivity contribution is 5.87. The van der Waals surface area contributed by atoms with Crippen molar-refractivity contribution in [3.8, 4) is 0 Å². The molecule has 2 N–H and O–H groups in total. The third-order valence-electron chi connectivity index (χ3n) is 10.2. The molecule has 4 saturated carbocycles. The van der Waals surface area contributed by atoms with E-state index in [1.165, 1.54) is 25.0 Å². The van der Waals surface area contributed by atoms with Crippen LogP contribution in [0.4, 0.5) is 0 Å². The number of nitrogens with zero attached hydrogens (tertiary/aromatic N) is 1. The fourth-order valence-corrected chi connectivity index (χ4v) is 8.51. The number of ketones is 1. The van der Waals surface area contributed by atoms with Crippen molar-refractivity contribution < 1.29 is 14.7 Å². The number of hydrogen-bond donors (Lipinski definition) is 2. The van der Waals surface area contributed by atoms with Gasteiger partial charge in [-0.05, 0) is 92.9 Å². The number of hydrogen-bond acceptors (Lipinski definition) is 5. The Morgan fingerprint density at radius 2 is 2.00 bits per heavy atom. The molecular formula is C25H40N2O3. The molecule has 0 spiro atoms. The van der Waals surface area contributed by atoms with Crippen molar-refractivity contribution in [1.29, 1.82) is 0 Å². The molecule has 0 bridgehead atoms. The Hall–Kier alpha value is -0.940. The van der Waals surface area contributed by atoms with E-state index in [0.29, 0.717) is 34.9 Å². The number of rotatable bonds is 4. The quantitative estimate of drug-likeness (QED) is 0.681. The minimum absolute atomic E-state index is 0.0709. The number of oxime groups is 1. The molecule has 1 heterocycles. The highest BCUT2D eigenvalue weighted by atomic mass is 16.6. The van der Waals surface area contributed by atoms with Gasteiger partial charge in [0.1, 0.15) is 11.9 Å². The van der Waals surface area contributed by atoms with Crippen LogP contribution in [0.15, 0.2) is 5.16 Å². The monoisotopic (exact) mass is 416 g/mol. The Bertz CT molecular complexity index is 703. The second-order valence-electron chi connectivity index (χ2n) is 11.5. The van der Waals surface area contributed by atoms with Gasteiger partial charge >= 0.3 is 0 Å². The minimum atomic E-state index is -0.0709. The average Bonchev–Trinajstić information content (AvgIpc) is 3.35. The van der Waals surface area contributed by atoms with Gasteiger partial charge in [0.25, 0.3) is 0 Å². The molecule has 5 heteroatoms. The van der Waals surface area contributed by atoms with Gasteiger partial charge in [0.15, 0.2) is 0 Å². The zero-order valence-corrected chi connectivity index (χ0v) is 18.9. The average molecular weight is 417 g/mol. The smallest absolute Gasteiger partial charge is 0.141 e. The van der Waals surface area contributed by atoms with Crippen LogP contribution in [0.1, 0.15) is 78.1 Å². The first-order chi connectivity index (χ1) is 14.5. The lowest BCUT2D eigenvalue weighted by molar-refractivity contribution is -0.143. The Labute approximate surface area is 181 Å². The van der Waals surface area contributed by atoms with Gasteiger partial charge in [-0.1, -0.05) is 19.0 Å². The summed E-state index contributed by atoms with van der Waals surface area (Å²) in [4.78, 5) is 18.6. The van der Waals surface area contributed by atoms with Crippen LogP contribution in [0.2, 0.25) is 0 Å². The van der Waals surface area contributed by atoms with Crippen molar-refractivity contribution in [2.75, 3.05) is 19.7 Å². The number of aliphatic hydroxyl groups is 1. The van der Waals surface area contributed by atoms with Gasteiger partial charge < -0.3 is 15.3 Å². The molecule has 0 radical (unpaired) electrons. The molecule has 0 aromatic rings. The van der Waals surface area contributed by atoms with Crippen LogP contribution in [0.5, 0.6) is 0 Å². The largest absolute Gasteiger partial charge is 0.396 e. The first kappa shape index (κ1) is 20.9. The molecule has 5 aliphatic rings. The summed E-state index contributed by atoms with van der Waals surface area (Å²) in [6, 6.07) is 0. The minimum Gasteiger partial charge on any atom is -0.396 e. The maximum atomic E-state index is 12.7. The molecule has 8 atom stereocenters. The molecule has 0 aromatic carbocycles. The summed E-state index contributed by atoms with van der Waals surface area (Å²) < 4.78 is 0. The number of nitrogens with one attached hydrogen (secondary N) is 1. The van der Waals surface area contributed by atoms with Gasteiger partial charge in [0.05, 0.1) is 5.71 Å². The summed E-state index contributed by atoms with van der Waals surface area (Å²) in [5.41, 5.74) is 1.48. The van der Waals surface area contributed by atoms with Crippen LogP contribution in [0.25, 0.3) is 0 Å². The Morgan fingerprint density at radius 1 is 1.13 bits per heavy atom. The molecule has 0 aromatic heterocycles. The maximum absolute atomic E-state index is 12.7. The molecule has 5 rings (SSSR count). The van der Waals surface area contributed by atoms with Crippen molar-refractivity contribution in [1.82, 2.24) is 5.32 Å². The molecule has 1 aliphatic heterocycles. The topological polar surface area (TPSA) is 70.9 Å². The van der Waals surface area contributed by atoms with Crippen molar-refractivity contribution in [3.63, 3.8) is 0 Å². The third kappa shape index (κ3) is 3.26. The van der Waals surface area contributed by atoms with Crippen molar-refractivity contribution in [3.05, 3.63) is 0 Å². The second kappa shape index (κ2) is 7.88. The van der Waals surface area contributed by atoms with Crippen molar-refractivity contribution in [2.24, 2.45) is 45.6 Å². The predicted octanol–water partition coefficient (Wildman–Crippen LogP) is 3.94. The van der Waals surface area contributed by atoms with Crippen LogP contribution in [0.3, 0.4) is 0 Å². The molecule has 30 heavy (non-hydrogen) atoms. The van der Waals surface area contributed by atoms with Crippen LogP contribution in [-0.4, -0.2) is 42.4 Å². The first-order valence-corrected chi connectivity index (χ1v) is 12.5. The first-order valence-electron chi connectivity index (χ1n) is 12.5. The lowest BCUT2D eigenvalue weighted by Crippen LogP contribution is -2.56. The third-order valence-corrected chi connectivity index (χ3v) is 10.2. The summed E-state index contributed by atoms with van der Waals surface area (Å²) in [6.45, 7) is 7.01. The zero-order valence-electron chi connectivity index (χ0n) is 18.9. The van der Waals surface area contributed by atoms with Crippen LogP contribution in [0, 0.1) is 40.4 Å². The van der Waals surface area contributed by atoms with E-state index in [4.69, 9.17) is 4.84 Å². The summed E-state index contributed by atoms with van der Waals surface area (Å²) in [5.74, 6) is 3.60. The molecule has 5 fully saturated rings. The summed E-state index contributed by atoms with van der Waals surface area (Å²) in [5, 5.41) is 17.8. The van der Waals surface area contributed by atoms with Crippen molar-refractivity contribution >= 4 is 11.5 Å². The van der Waals surface area contributed by atoms with Gasteiger partial charge in [-0.15, -0.1) is 0 Å². The van der Waals surface area contributed by atoms with E-state index in [-0.39, 0.29) is 18.1 Å². The number of carbonyl (C=O) groups excluding carboxylic acids is 1. The summed E-state index contributed by atoms with van der Waals surface area (Å²) in [6.07, 6.45) is 10.8. The summed E-state index contributed by atoms with van der Waals surface area (Å²) >= 11 is 0. The second-order valence-corrected chi connectivity index (χ2v) is 11.5. The van der Waals surface area contributed by atoms with Crippen LogP contribution < -0.4 is 5.32 Å². The SMILES string of the molecule is C[C@]12CC/C(=N\O[C@@H]3CCNC3)C[C@@H]1[C@@H](CCO)C[C@@H]1[C@@H]2CC[C@]2(C)C(=O)CC[C@@H]12. The predicted molar refractivity (Wildman–Crippen MR) is 117 cm³/mol. The van der Waals surface area contributed by atoms with E-state index in [1.807, 2.05) is 0 Å². The molecule has 0 unspecified atom stereocenters.